The monoisotopic (exact) mass is 315 g/mol. The van der Waals surface area contributed by atoms with Crippen molar-refractivity contribution < 1.29 is 0 Å². The molecular formula is C16H21N5S. The van der Waals surface area contributed by atoms with Crippen molar-refractivity contribution in [2.45, 2.75) is 11.4 Å². The fraction of sp³-hybridized carbons (Fsp3) is 0.125. The molecule has 6 N–H and O–H groups in total. The second-order valence-electron chi connectivity index (χ2n) is 4.65. The van der Waals surface area contributed by atoms with Crippen LogP contribution < -0.4 is 26.6 Å². The van der Waals surface area contributed by atoms with Gasteiger partial charge in [-0.15, -0.1) is 0 Å². The molecule has 0 unspecified atom stereocenters. The number of nitrogens with one attached hydrogen (secondary N) is 2. The summed E-state index contributed by atoms with van der Waals surface area (Å²) >= 11 is 1.54. The SMILES string of the molecule is CNCc1ccc(N(N)/C=C\N)c(NSc2ccccc2)c1. The van der Waals surface area contributed by atoms with E-state index in [0.717, 1.165) is 22.8 Å². The van der Waals surface area contributed by atoms with Crippen LogP contribution in [0.5, 0.6) is 0 Å². The lowest BCUT2D eigenvalue weighted by atomic mass is 10.1. The summed E-state index contributed by atoms with van der Waals surface area (Å²) in [6.45, 7) is 0.794. The van der Waals surface area contributed by atoms with Crippen LogP contribution in [0.1, 0.15) is 5.56 Å². The summed E-state index contributed by atoms with van der Waals surface area (Å²) in [4.78, 5) is 1.13. The summed E-state index contributed by atoms with van der Waals surface area (Å²) in [5.74, 6) is 6.00. The minimum Gasteiger partial charge on any atom is -0.403 e. The molecule has 2 aromatic rings. The molecule has 0 fully saturated rings. The summed E-state index contributed by atoms with van der Waals surface area (Å²) in [5, 5.41) is 4.64. The summed E-state index contributed by atoms with van der Waals surface area (Å²) in [5.41, 5.74) is 8.38. The molecule has 6 heteroatoms. The lowest BCUT2D eigenvalue weighted by Gasteiger charge is -2.19. The molecule has 0 aromatic heterocycles. The second-order valence-corrected chi connectivity index (χ2v) is 5.53. The van der Waals surface area contributed by atoms with Crippen LogP contribution in [-0.2, 0) is 6.54 Å². The lowest BCUT2D eigenvalue weighted by molar-refractivity contribution is 0.818. The van der Waals surface area contributed by atoms with Gasteiger partial charge in [-0.05, 0) is 48.8 Å². The summed E-state index contributed by atoms with van der Waals surface area (Å²) in [6, 6.07) is 16.2. The van der Waals surface area contributed by atoms with E-state index in [1.807, 2.05) is 37.4 Å². The van der Waals surface area contributed by atoms with Crippen LogP contribution in [0.4, 0.5) is 11.4 Å². The zero-order chi connectivity index (χ0) is 15.8. The topological polar surface area (TPSA) is 79.3 Å². The molecule has 0 saturated heterocycles. The van der Waals surface area contributed by atoms with Crippen LogP contribution in [0.3, 0.4) is 0 Å². The number of anilines is 2. The minimum absolute atomic E-state index is 0.794. The normalized spacial score (nSPS) is 10.8. The molecule has 0 atom stereocenters. The van der Waals surface area contributed by atoms with Crippen molar-refractivity contribution in [2.24, 2.45) is 11.6 Å². The zero-order valence-electron chi connectivity index (χ0n) is 12.5. The molecule has 0 heterocycles. The number of nitrogens with two attached hydrogens (primary N) is 2. The zero-order valence-corrected chi connectivity index (χ0v) is 13.3. The van der Waals surface area contributed by atoms with Crippen molar-refractivity contribution in [2.75, 3.05) is 16.8 Å². The number of hydrogen-bond donors (Lipinski definition) is 4. The highest BCUT2D eigenvalue weighted by molar-refractivity contribution is 8.00. The molecule has 0 spiro atoms. The average molecular weight is 315 g/mol. The van der Waals surface area contributed by atoms with E-state index in [4.69, 9.17) is 11.6 Å². The Bertz CT molecular complexity index is 615. The van der Waals surface area contributed by atoms with Crippen LogP contribution in [0, 0.1) is 0 Å². The molecule has 0 aliphatic heterocycles. The minimum atomic E-state index is 0.794. The highest BCUT2D eigenvalue weighted by Gasteiger charge is 2.08. The first-order valence-electron chi connectivity index (χ1n) is 6.92. The fourth-order valence-electron chi connectivity index (χ4n) is 1.98. The Hall–Kier alpha value is -2.15. The first-order chi connectivity index (χ1) is 10.7. The molecule has 2 aromatic carbocycles. The van der Waals surface area contributed by atoms with Crippen molar-refractivity contribution >= 4 is 23.3 Å². The van der Waals surface area contributed by atoms with Gasteiger partial charge in [0.15, 0.2) is 0 Å². The molecule has 0 bridgehead atoms. The van der Waals surface area contributed by atoms with Gasteiger partial charge in [-0.3, -0.25) is 5.01 Å². The molecule has 2 rings (SSSR count). The standard InChI is InChI=1S/C16H21N5S/c1-19-12-13-7-8-16(21(18)10-9-17)15(11-13)20-22-14-5-3-2-4-6-14/h2-11,19-20H,12,17-18H2,1H3/b10-9-. The third kappa shape index (κ3) is 4.42. The summed E-state index contributed by atoms with van der Waals surface area (Å²) in [6.07, 6.45) is 3.03. The van der Waals surface area contributed by atoms with Gasteiger partial charge < -0.3 is 15.8 Å². The highest BCUT2D eigenvalue weighted by atomic mass is 32.2. The van der Waals surface area contributed by atoms with E-state index in [1.54, 1.807) is 18.1 Å². The van der Waals surface area contributed by atoms with E-state index < -0.39 is 0 Å². The molecule has 0 saturated carbocycles. The molecule has 0 amide bonds. The number of nitrogens with zero attached hydrogens (tertiary/aromatic N) is 1. The average Bonchev–Trinajstić information content (AvgIpc) is 2.54. The Kier molecular flexibility index (Phi) is 6.14. The van der Waals surface area contributed by atoms with Crippen molar-refractivity contribution in [3.05, 3.63) is 66.5 Å². The smallest absolute Gasteiger partial charge is 0.0808 e. The maximum atomic E-state index is 6.00. The van der Waals surface area contributed by atoms with E-state index in [0.29, 0.717) is 0 Å². The number of hydrogen-bond acceptors (Lipinski definition) is 6. The van der Waals surface area contributed by atoms with Gasteiger partial charge in [0.1, 0.15) is 0 Å². The molecule has 22 heavy (non-hydrogen) atoms. The maximum absolute atomic E-state index is 6.00. The van der Waals surface area contributed by atoms with Crippen LogP contribution in [-0.4, -0.2) is 7.05 Å². The largest absolute Gasteiger partial charge is 0.403 e. The predicted molar refractivity (Wildman–Crippen MR) is 95.1 cm³/mol. The van der Waals surface area contributed by atoms with E-state index in [2.05, 4.69) is 28.2 Å². The number of rotatable bonds is 7. The summed E-state index contributed by atoms with van der Waals surface area (Å²) < 4.78 is 3.36. The Morgan fingerprint density at radius 1 is 1.18 bits per heavy atom. The first kappa shape index (κ1) is 16.2. The first-order valence-corrected chi connectivity index (χ1v) is 7.74. The molecule has 0 radical (unpaired) electrons. The number of hydrazine groups is 1. The van der Waals surface area contributed by atoms with E-state index >= 15 is 0 Å². The Labute approximate surface area is 135 Å². The Morgan fingerprint density at radius 3 is 2.64 bits per heavy atom. The fourth-order valence-corrected chi connectivity index (χ4v) is 2.66. The van der Waals surface area contributed by atoms with Crippen molar-refractivity contribution in [3.63, 3.8) is 0 Å². The van der Waals surface area contributed by atoms with Gasteiger partial charge >= 0.3 is 0 Å². The van der Waals surface area contributed by atoms with Gasteiger partial charge in [0.2, 0.25) is 0 Å². The van der Waals surface area contributed by atoms with Crippen molar-refractivity contribution in [1.82, 2.24) is 5.32 Å². The van der Waals surface area contributed by atoms with Gasteiger partial charge in [0.05, 0.1) is 11.4 Å². The van der Waals surface area contributed by atoms with Gasteiger partial charge in [-0.1, -0.05) is 24.3 Å². The maximum Gasteiger partial charge on any atom is 0.0808 e. The molecule has 116 valence electrons. The van der Waals surface area contributed by atoms with Crippen LogP contribution in [0.15, 0.2) is 65.8 Å². The second kappa shape index (κ2) is 8.33. The van der Waals surface area contributed by atoms with Crippen LogP contribution in [0.25, 0.3) is 0 Å². The van der Waals surface area contributed by atoms with Crippen LogP contribution >= 0.6 is 11.9 Å². The highest BCUT2D eigenvalue weighted by Crippen LogP contribution is 2.30. The van der Waals surface area contributed by atoms with Gasteiger partial charge in [-0.2, -0.15) is 0 Å². The van der Waals surface area contributed by atoms with Gasteiger partial charge in [0.25, 0.3) is 0 Å². The van der Waals surface area contributed by atoms with E-state index in [1.165, 1.54) is 16.8 Å². The van der Waals surface area contributed by atoms with E-state index in [-0.39, 0.29) is 0 Å². The molecule has 5 nitrogen and oxygen atoms in total. The van der Waals surface area contributed by atoms with Gasteiger partial charge in [-0.25, -0.2) is 5.84 Å². The number of benzene rings is 2. The summed E-state index contributed by atoms with van der Waals surface area (Å²) in [7, 11) is 1.92. The van der Waals surface area contributed by atoms with Crippen LogP contribution in [0.2, 0.25) is 0 Å². The molecule has 0 aliphatic carbocycles. The van der Waals surface area contributed by atoms with Crippen molar-refractivity contribution in [3.8, 4) is 0 Å². The Balaban J connectivity index is 2.22. The predicted octanol–water partition coefficient (Wildman–Crippen LogP) is 2.64. The third-order valence-corrected chi connectivity index (χ3v) is 3.82. The Morgan fingerprint density at radius 2 is 1.95 bits per heavy atom. The molecule has 0 aliphatic rings. The van der Waals surface area contributed by atoms with Gasteiger partial charge in [0, 0.05) is 23.8 Å². The van der Waals surface area contributed by atoms with Crippen molar-refractivity contribution in [1.29, 1.82) is 0 Å². The quantitative estimate of drug-likeness (QED) is 0.357. The third-order valence-electron chi connectivity index (χ3n) is 2.99. The lowest BCUT2D eigenvalue weighted by Crippen LogP contribution is -2.25. The van der Waals surface area contributed by atoms with E-state index in [9.17, 15) is 0 Å². The molecular weight excluding hydrogens is 294 g/mol.